The molecule has 92 valence electrons. The van der Waals surface area contributed by atoms with Crippen LogP contribution in [0.2, 0.25) is 0 Å². The van der Waals surface area contributed by atoms with Crippen LogP contribution in [0.15, 0.2) is 0 Å². The lowest BCUT2D eigenvalue weighted by atomic mass is 10.2. The van der Waals surface area contributed by atoms with E-state index in [1.54, 1.807) is 18.7 Å². The number of carbonyl (C=O) groups excluding carboxylic acids is 2. The van der Waals surface area contributed by atoms with Crippen molar-refractivity contribution in [2.75, 3.05) is 26.3 Å². The molecule has 1 saturated heterocycles. The minimum Gasteiger partial charge on any atom is -0.463 e. The van der Waals surface area contributed by atoms with Crippen molar-refractivity contribution < 1.29 is 19.1 Å². The van der Waals surface area contributed by atoms with Gasteiger partial charge in [-0.2, -0.15) is 0 Å². The van der Waals surface area contributed by atoms with Gasteiger partial charge in [0, 0.05) is 19.5 Å². The summed E-state index contributed by atoms with van der Waals surface area (Å²) in [6.07, 6.45) is 0.269. The zero-order valence-corrected chi connectivity index (χ0v) is 9.90. The Balaban J connectivity index is 2.21. The lowest BCUT2D eigenvalue weighted by Crippen LogP contribution is -2.40. The van der Waals surface area contributed by atoms with Crippen molar-refractivity contribution in [1.82, 2.24) is 4.90 Å². The third kappa shape index (κ3) is 4.61. The van der Waals surface area contributed by atoms with Crippen molar-refractivity contribution in [3.05, 3.63) is 0 Å². The molecule has 5 heteroatoms. The number of amides is 1. The first-order chi connectivity index (χ1) is 7.59. The molecule has 0 saturated carbocycles. The molecule has 1 rings (SSSR count). The molecule has 0 unspecified atom stereocenters. The molecule has 0 atom stereocenters. The summed E-state index contributed by atoms with van der Waals surface area (Å²) in [5.41, 5.74) is 0. The molecule has 0 aromatic carbocycles. The summed E-state index contributed by atoms with van der Waals surface area (Å²) >= 11 is 0. The molecule has 1 aliphatic heterocycles. The molecular formula is C11H19NO4. The first-order valence-corrected chi connectivity index (χ1v) is 5.64. The average Bonchev–Trinajstić information content (AvgIpc) is 2.26. The van der Waals surface area contributed by atoms with Crippen molar-refractivity contribution in [2.45, 2.75) is 32.8 Å². The van der Waals surface area contributed by atoms with Crippen molar-refractivity contribution in [3.63, 3.8) is 0 Å². The third-order valence-electron chi connectivity index (χ3n) is 2.27. The minimum atomic E-state index is -0.309. The highest BCUT2D eigenvalue weighted by Crippen LogP contribution is 2.04. The van der Waals surface area contributed by atoms with E-state index in [2.05, 4.69) is 0 Å². The van der Waals surface area contributed by atoms with Crippen LogP contribution in [0.3, 0.4) is 0 Å². The zero-order chi connectivity index (χ0) is 12.0. The number of morpholine rings is 1. The summed E-state index contributed by atoms with van der Waals surface area (Å²) in [6, 6.07) is 0. The molecule has 0 radical (unpaired) electrons. The SMILES string of the molecule is CC(C)OC(=O)CCC(=O)N1CCOCC1. The molecule has 1 heterocycles. The Morgan fingerprint density at radius 3 is 2.44 bits per heavy atom. The number of carbonyl (C=O) groups is 2. The van der Waals surface area contributed by atoms with Crippen LogP contribution in [0.1, 0.15) is 26.7 Å². The number of nitrogens with zero attached hydrogens (tertiary/aromatic N) is 1. The van der Waals surface area contributed by atoms with Crippen LogP contribution in [0.4, 0.5) is 0 Å². The van der Waals surface area contributed by atoms with Gasteiger partial charge in [0.15, 0.2) is 0 Å². The standard InChI is InChI=1S/C11H19NO4/c1-9(2)16-11(14)4-3-10(13)12-5-7-15-8-6-12/h9H,3-8H2,1-2H3. The molecule has 0 bridgehead atoms. The fourth-order valence-electron chi connectivity index (χ4n) is 1.50. The monoisotopic (exact) mass is 229 g/mol. The van der Waals surface area contributed by atoms with E-state index in [0.717, 1.165) is 0 Å². The van der Waals surface area contributed by atoms with E-state index in [-0.39, 0.29) is 30.8 Å². The first-order valence-electron chi connectivity index (χ1n) is 5.64. The van der Waals surface area contributed by atoms with Gasteiger partial charge in [0.1, 0.15) is 0 Å². The lowest BCUT2D eigenvalue weighted by Gasteiger charge is -2.26. The number of hydrogen-bond donors (Lipinski definition) is 0. The van der Waals surface area contributed by atoms with Gasteiger partial charge in [-0.3, -0.25) is 9.59 Å². The number of esters is 1. The zero-order valence-electron chi connectivity index (χ0n) is 9.90. The quantitative estimate of drug-likeness (QED) is 0.662. The molecule has 1 aliphatic rings. The molecule has 0 N–H and O–H groups in total. The van der Waals surface area contributed by atoms with E-state index in [1.165, 1.54) is 0 Å². The van der Waals surface area contributed by atoms with E-state index in [4.69, 9.17) is 9.47 Å². The maximum absolute atomic E-state index is 11.7. The molecule has 1 fully saturated rings. The molecule has 0 aromatic rings. The van der Waals surface area contributed by atoms with Crippen molar-refractivity contribution in [3.8, 4) is 0 Å². The molecule has 0 aromatic heterocycles. The summed E-state index contributed by atoms with van der Waals surface area (Å²) in [7, 11) is 0. The Bertz CT molecular complexity index is 246. The molecular weight excluding hydrogens is 210 g/mol. The Morgan fingerprint density at radius 2 is 1.88 bits per heavy atom. The highest BCUT2D eigenvalue weighted by molar-refractivity contribution is 5.81. The smallest absolute Gasteiger partial charge is 0.306 e. The fraction of sp³-hybridized carbons (Fsp3) is 0.818. The van der Waals surface area contributed by atoms with Gasteiger partial charge in [0.05, 0.1) is 25.7 Å². The van der Waals surface area contributed by atoms with Crippen LogP contribution >= 0.6 is 0 Å². The summed E-state index contributed by atoms with van der Waals surface area (Å²) in [5.74, 6) is -0.305. The Hall–Kier alpha value is -1.10. The largest absolute Gasteiger partial charge is 0.463 e. The van der Waals surface area contributed by atoms with E-state index < -0.39 is 0 Å². The fourth-order valence-corrected chi connectivity index (χ4v) is 1.50. The first kappa shape index (κ1) is 13.0. The second kappa shape index (κ2) is 6.48. The number of hydrogen-bond acceptors (Lipinski definition) is 4. The van der Waals surface area contributed by atoms with Gasteiger partial charge in [0.25, 0.3) is 0 Å². The number of ether oxygens (including phenoxy) is 2. The Labute approximate surface area is 95.7 Å². The van der Waals surface area contributed by atoms with Gasteiger partial charge < -0.3 is 14.4 Å². The van der Waals surface area contributed by atoms with Crippen molar-refractivity contribution >= 4 is 11.9 Å². The maximum Gasteiger partial charge on any atom is 0.306 e. The van der Waals surface area contributed by atoms with Crippen molar-refractivity contribution in [2.24, 2.45) is 0 Å². The van der Waals surface area contributed by atoms with Gasteiger partial charge in [0.2, 0.25) is 5.91 Å². The van der Waals surface area contributed by atoms with Crippen LogP contribution in [0, 0.1) is 0 Å². The molecule has 5 nitrogen and oxygen atoms in total. The Kier molecular flexibility index (Phi) is 5.25. The molecule has 0 aliphatic carbocycles. The van der Waals surface area contributed by atoms with Gasteiger partial charge in [-0.05, 0) is 13.8 Å². The highest BCUT2D eigenvalue weighted by Gasteiger charge is 2.18. The topological polar surface area (TPSA) is 55.8 Å². The summed E-state index contributed by atoms with van der Waals surface area (Å²) in [5, 5.41) is 0. The van der Waals surface area contributed by atoms with E-state index >= 15 is 0 Å². The average molecular weight is 229 g/mol. The lowest BCUT2D eigenvalue weighted by molar-refractivity contribution is -0.150. The summed E-state index contributed by atoms with van der Waals surface area (Å²) in [4.78, 5) is 24.6. The van der Waals surface area contributed by atoms with Crippen LogP contribution in [0.5, 0.6) is 0 Å². The van der Waals surface area contributed by atoms with Gasteiger partial charge >= 0.3 is 5.97 Å². The second-order valence-electron chi connectivity index (χ2n) is 4.03. The summed E-state index contributed by atoms with van der Waals surface area (Å²) in [6.45, 7) is 6.00. The van der Waals surface area contributed by atoms with Crippen LogP contribution < -0.4 is 0 Å². The Morgan fingerprint density at radius 1 is 1.25 bits per heavy atom. The van der Waals surface area contributed by atoms with Crippen LogP contribution in [-0.4, -0.2) is 49.2 Å². The van der Waals surface area contributed by atoms with Crippen LogP contribution in [-0.2, 0) is 19.1 Å². The van der Waals surface area contributed by atoms with Crippen molar-refractivity contribution in [1.29, 1.82) is 0 Å². The van der Waals surface area contributed by atoms with Gasteiger partial charge in [-0.1, -0.05) is 0 Å². The van der Waals surface area contributed by atoms with E-state index in [0.29, 0.717) is 26.3 Å². The van der Waals surface area contributed by atoms with Gasteiger partial charge in [-0.25, -0.2) is 0 Å². The normalized spacial score (nSPS) is 16.3. The highest BCUT2D eigenvalue weighted by atomic mass is 16.5. The van der Waals surface area contributed by atoms with E-state index in [9.17, 15) is 9.59 Å². The predicted molar refractivity (Wildman–Crippen MR) is 57.9 cm³/mol. The summed E-state index contributed by atoms with van der Waals surface area (Å²) < 4.78 is 10.1. The van der Waals surface area contributed by atoms with Gasteiger partial charge in [-0.15, -0.1) is 0 Å². The molecule has 16 heavy (non-hydrogen) atoms. The third-order valence-corrected chi connectivity index (χ3v) is 2.27. The minimum absolute atomic E-state index is 0.00371. The molecule has 1 amide bonds. The predicted octanol–water partition coefficient (Wildman–Crippen LogP) is 0.577. The second-order valence-corrected chi connectivity index (χ2v) is 4.03. The maximum atomic E-state index is 11.7. The van der Waals surface area contributed by atoms with Crippen LogP contribution in [0.25, 0.3) is 0 Å². The number of rotatable bonds is 4. The van der Waals surface area contributed by atoms with E-state index in [1.807, 2.05) is 0 Å². The molecule has 0 spiro atoms.